The minimum absolute atomic E-state index is 0.0165. The van der Waals surface area contributed by atoms with Crippen molar-refractivity contribution in [3.8, 4) is 0 Å². The standard InChI is InChI=1S/C20H21N5O3S/c1-21-18-14-5-2-3-6-15(14)22-20(23-18)29-13-17(26)24-8-10-25(11-9-24)19(27)16-7-4-12-28-16/h2-7,12H,8-11,13H2,1H3,(H,21,22,23). The van der Waals surface area contributed by atoms with E-state index in [1.54, 1.807) is 21.9 Å². The van der Waals surface area contributed by atoms with E-state index in [2.05, 4.69) is 15.3 Å². The Labute approximate surface area is 172 Å². The van der Waals surface area contributed by atoms with Crippen molar-refractivity contribution >= 4 is 40.3 Å². The molecule has 1 aliphatic heterocycles. The van der Waals surface area contributed by atoms with Gasteiger partial charge in [-0.3, -0.25) is 9.59 Å². The smallest absolute Gasteiger partial charge is 0.289 e. The Bertz CT molecular complexity index is 1020. The maximum atomic E-state index is 12.6. The Morgan fingerprint density at radius 1 is 1.07 bits per heavy atom. The van der Waals surface area contributed by atoms with E-state index < -0.39 is 0 Å². The summed E-state index contributed by atoms with van der Waals surface area (Å²) in [5, 5.41) is 4.59. The number of para-hydroxylation sites is 1. The Balaban J connectivity index is 1.34. The number of thioether (sulfide) groups is 1. The minimum atomic E-state index is -0.138. The zero-order valence-corrected chi connectivity index (χ0v) is 16.8. The average Bonchev–Trinajstić information content (AvgIpc) is 3.31. The highest BCUT2D eigenvalue weighted by Crippen LogP contribution is 2.24. The lowest BCUT2D eigenvalue weighted by Crippen LogP contribution is -2.51. The van der Waals surface area contributed by atoms with Crippen molar-refractivity contribution in [1.82, 2.24) is 19.8 Å². The van der Waals surface area contributed by atoms with Gasteiger partial charge in [-0.1, -0.05) is 23.9 Å². The maximum absolute atomic E-state index is 12.6. The highest BCUT2D eigenvalue weighted by atomic mass is 32.2. The summed E-state index contributed by atoms with van der Waals surface area (Å²) in [6, 6.07) is 11.1. The topological polar surface area (TPSA) is 91.6 Å². The van der Waals surface area contributed by atoms with Gasteiger partial charge in [-0.05, 0) is 24.3 Å². The quantitative estimate of drug-likeness (QED) is 0.509. The van der Waals surface area contributed by atoms with Gasteiger partial charge in [0, 0.05) is 38.6 Å². The molecule has 8 nitrogen and oxygen atoms in total. The third-order valence-electron chi connectivity index (χ3n) is 4.80. The van der Waals surface area contributed by atoms with Gasteiger partial charge in [0.1, 0.15) is 5.82 Å². The van der Waals surface area contributed by atoms with Gasteiger partial charge >= 0.3 is 0 Å². The number of fused-ring (bicyclic) bond motifs is 1. The van der Waals surface area contributed by atoms with E-state index in [9.17, 15) is 9.59 Å². The van der Waals surface area contributed by atoms with E-state index in [0.717, 1.165) is 16.7 Å². The van der Waals surface area contributed by atoms with Crippen molar-refractivity contribution in [3.05, 3.63) is 48.4 Å². The maximum Gasteiger partial charge on any atom is 0.289 e. The predicted molar refractivity (Wildman–Crippen MR) is 111 cm³/mol. The van der Waals surface area contributed by atoms with E-state index >= 15 is 0 Å². The van der Waals surface area contributed by atoms with Crippen molar-refractivity contribution in [1.29, 1.82) is 0 Å². The summed E-state index contributed by atoms with van der Waals surface area (Å²) in [6.45, 7) is 2.00. The fourth-order valence-electron chi connectivity index (χ4n) is 3.24. The monoisotopic (exact) mass is 411 g/mol. The number of carbonyl (C=O) groups excluding carboxylic acids is 2. The van der Waals surface area contributed by atoms with E-state index in [1.165, 1.54) is 18.0 Å². The van der Waals surface area contributed by atoms with Crippen LogP contribution in [0.5, 0.6) is 0 Å². The van der Waals surface area contributed by atoms with Crippen LogP contribution >= 0.6 is 11.8 Å². The van der Waals surface area contributed by atoms with Crippen LogP contribution in [0.2, 0.25) is 0 Å². The van der Waals surface area contributed by atoms with Gasteiger partial charge < -0.3 is 19.5 Å². The molecule has 0 aliphatic carbocycles. The SMILES string of the molecule is CNc1nc(SCC(=O)N2CCN(C(=O)c3ccco3)CC2)nc2ccccc12. The molecule has 0 radical (unpaired) electrons. The zero-order chi connectivity index (χ0) is 20.2. The largest absolute Gasteiger partial charge is 0.459 e. The molecule has 0 saturated carbocycles. The molecule has 0 unspecified atom stereocenters. The van der Waals surface area contributed by atoms with Crippen molar-refractivity contribution in [3.63, 3.8) is 0 Å². The Hall–Kier alpha value is -3.07. The van der Waals surface area contributed by atoms with Gasteiger partial charge in [-0.15, -0.1) is 0 Å². The van der Waals surface area contributed by atoms with E-state index in [4.69, 9.17) is 4.42 Å². The van der Waals surface area contributed by atoms with Gasteiger partial charge in [0.05, 0.1) is 17.5 Å². The van der Waals surface area contributed by atoms with Crippen molar-refractivity contribution in [2.45, 2.75) is 5.16 Å². The fraction of sp³-hybridized carbons (Fsp3) is 0.300. The molecule has 0 spiro atoms. The lowest BCUT2D eigenvalue weighted by molar-refractivity contribution is -0.129. The van der Waals surface area contributed by atoms with Crippen LogP contribution in [0.25, 0.3) is 10.9 Å². The highest BCUT2D eigenvalue weighted by molar-refractivity contribution is 7.99. The first-order valence-electron chi connectivity index (χ1n) is 9.33. The molecule has 0 atom stereocenters. The number of hydrogen-bond acceptors (Lipinski definition) is 7. The number of nitrogens with zero attached hydrogens (tertiary/aromatic N) is 4. The van der Waals surface area contributed by atoms with Gasteiger partial charge in [0.25, 0.3) is 5.91 Å². The van der Waals surface area contributed by atoms with Crippen LogP contribution in [-0.4, -0.2) is 70.6 Å². The lowest BCUT2D eigenvalue weighted by Gasteiger charge is -2.34. The molecular weight excluding hydrogens is 390 g/mol. The molecule has 1 fully saturated rings. The van der Waals surface area contributed by atoms with Crippen molar-refractivity contribution < 1.29 is 14.0 Å². The van der Waals surface area contributed by atoms with Crippen molar-refractivity contribution in [2.75, 3.05) is 44.3 Å². The summed E-state index contributed by atoms with van der Waals surface area (Å²) >= 11 is 1.32. The molecule has 3 heterocycles. The number of rotatable bonds is 5. The molecule has 150 valence electrons. The number of anilines is 1. The highest BCUT2D eigenvalue weighted by Gasteiger charge is 2.26. The summed E-state index contributed by atoms with van der Waals surface area (Å²) in [5.74, 6) is 1.21. The van der Waals surface area contributed by atoms with Gasteiger partial charge in [0.2, 0.25) is 5.91 Å². The van der Waals surface area contributed by atoms with E-state index in [1.807, 2.05) is 31.3 Å². The number of amides is 2. The number of piperazine rings is 1. The normalized spacial score (nSPS) is 14.2. The molecule has 1 N–H and O–H groups in total. The molecule has 1 saturated heterocycles. The van der Waals surface area contributed by atoms with Crippen LogP contribution in [0, 0.1) is 0 Å². The van der Waals surface area contributed by atoms with Gasteiger partial charge in [-0.25, -0.2) is 9.97 Å². The number of benzene rings is 1. The summed E-state index contributed by atoms with van der Waals surface area (Å²) in [5.41, 5.74) is 0.840. The summed E-state index contributed by atoms with van der Waals surface area (Å²) < 4.78 is 5.17. The Morgan fingerprint density at radius 2 is 1.83 bits per heavy atom. The van der Waals surface area contributed by atoms with Crippen LogP contribution < -0.4 is 5.32 Å². The molecule has 9 heteroatoms. The molecule has 1 aliphatic rings. The summed E-state index contributed by atoms with van der Waals surface area (Å²) in [6.07, 6.45) is 1.48. The summed E-state index contributed by atoms with van der Waals surface area (Å²) in [4.78, 5) is 37.5. The average molecular weight is 411 g/mol. The molecule has 1 aromatic carbocycles. The van der Waals surface area contributed by atoms with Crippen molar-refractivity contribution in [2.24, 2.45) is 0 Å². The second-order valence-electron chi connectivity index (χ2n) is 6.56. The first-order chi connectivity index (χ1) is 14.2. The minimum Gasteiger partial charge on any atom is -0.459 e. The van der Waals surface area contributed by atoms with Crippen LogP contribution in [0.15, 0.2) is 52.2 Å². The Morgan fingerprint density at radius 3 is 2.55 bits per heavy atom. The van der Waals surface area contributed by atoms with Crippen LogP contribution in [0.4, 0.5) is 5.82 Å². The molecule has 2 aromatic heterocycles. The number of hydrogen-bond donors (Lipinski definition) is 1. The van der Waals surface area contributed by atoms with E-state index in [-0.39, 0.29) is 17.6 Å². The lowest BCUT2D eigenvalue weighted by atomic mass is 10.2. The van der Waals surface area contributed by atoms with Gasteiger partial charge in [-0.2, -0.15) is 0 Å². The predicted octanol–water partition coefficient (Wildman–Crippen LogP) is 2.34. The van der Waals surface area contributed by atoms with E-state index in [0.29, 0.717) is 37.1 Å². The van der Waals surface area contributed by atoms with Crippen LogP contribution in [0.1, 0.15) is 10.6 Å². The number of aromatic nitrogens is 2. The first kappa shape index (κ1) is 19.3. The first-order valence-corrected chi connectivity index (χ1v) is 10.3. The molecule has 3 aromatic rings. The van der Waals surface area contributed by atoms with Gasteiger partial charge in [0.15, 0.2) is 10.9 Å². The second kappa shape index (κ2) is 8.52. The molecular formula is C20H21N5O3S. The molecule has 4 rings (SSSR count). The summed E-state index contributed by atoms with van der Waals surface area (Å²) in [7, 11) is 1.82. The fourth-order valence-corrected chi connectivity index (χ4v) is 4.00. The number of nitrogens with one attached hydrogen (secondary N) is 1. The Kier molecular flexibility index (Phi) is 5.66. The third kappa shape index (κ3) is 4.19. The number of furan rings is 1. The third-order valence-corrected chi connectivity index (χ3v) is 5.63. The van der Waals surface area contributed by atoms with Crippen LogP contribution in [-0.2, 0) is 4.79 Å². The molecule has 29 heavy (non-hydrogen) atoms. The van der Waals surface area contributed by atoms with Crippen LogP contribution in [0.3, 0.4) is 0 Å². The second-order valence-corrected chi connectivity index (χ2v) is 7.50. The number of carbonyl (C=O) groups is 2. The zero-order valence-electron chi connectivity index (χ0n) is 16.0. The molecule has 0 bridgehead atoms. The molecule has 2 amide bonds.